The standard InChI is InChI=1S/C11H23N3/c1-13-6-8-14(9-7-13)11-4-2-10(12)3-5-11/h10-11H,2-9,12H2,1H3. The van der Waals surface area contributed by atoms with Crippen LogP contribution in [-0.2, 0) is 0 Å². The minimum absolute atomic E-state index is 0.485. The Balaban J connectivity index is 1.78. The third-order valence-corrected chi connectivity index (χ3v) is 3.80. The van der Waals surface area contributed by atoms with Gasteiger partial charge in [0.05, 0.1) is 0 Å². The molecule has 0 spiro atoms. The molecule has 0 amide bonds. The highest BCUT2D eigenvalue weighted by Gasteiger charge is 2.25. The van der Waals surface area contributed by atoms with Crippen molar-refractivity contribution in [2.75, 3.05) is 33.2 Å². The van der Waals surface area contributed by atoms with E-state index in [1.165, 1.54) is 51.9 Å². The zero-order valence-electron chi connectivity index (χ0n) is 9.28. The number of nitrogens with zero attached hydrogens (tertiary/aromatic N) is 2. The Morgan fingerprint density at radius 3 is 2.07 bits per heavy atom. The predicted octanol–water partition coefficient (Wildman–Crippen LogP) is 0.504. The molecule has 0 atom stereocenters. The first kappa shape index (κ1) is 10.4. The van der Waals surface area contributed by atoms with Crippen molar-refractivity contribution in [3.63, 3.8) is 0 Å². The first-order valence-corrected chi connectivity index (χ1v) is 5.94. The molecule has 0 aromatic rings. The Morgan fingerprint density at radius 2 is 1.50 bits per heavy atom. The summed E-state index contributed by atoms with van der Waals surface area (Å²) in [6.07, 6.45) is 5.11. The van der Waals surface area contributed by atoms with Crippen molar-refractivity contribution in [3.8, 4) is 0 Å². The molecule has 1 saturated heterocycles. The molecule has 3 nitrogen and oxygen atoms in total. The molecule has 2 aliphatic rings. The van der Waals surface area contributed by atoms with Gasteiger partial charge < -0.3 is 10.6 Å². The lowest BCUT2D eigenvalue weighted by molar-refractivity contribution is 0.0882. The summed E-state index contributed by atoms with van der Waals surface area (Å²) < 4.78 is 0. The molecule has 1 aliphatic carbocycles. The lowest BCUT2D eigenvalue weighted by Gasteiger charge is -2.40. The molecule has 14 heavy (non-hydrogen) atoms. The van der Waals surface area contributed by atoms with E-state index in [2.05, 4.69) is 16.8 Å². The van der Waals surface area contributed by atoms with E-state index in [1.54, 1.807) is 0 Å². The van der Waals surface area contributed by atoms with Crippen molar-refractivity contribution in [2.45, 2.75) is 37.8 Å². The number of piperazine rings is 1. The van der Waals surface area contributed by atoms with Gasteiger partial charge in [0.1, 0.15) is 0 Å². The van der Waals surface area contributed by atoms with Gasteiger partial charge in [-0.1, -0.05) is 0 Å². The second-order valence-electron chi connectivity index (χ2n) is 4.91. The largest absolute Gasteiger partial charge is 0.328 e. The van der Waals surface area contributed by atoms with E-state index in [-0.39, 0.29) is 0 Å². The first-order valence-electron chi connectivity index (χ1n) is 5.94. The van der Waals surface area contributed by atoms with E-state index >= 15 is 0 Å². The molecule has 0 aromatic carbocycles. The molecule has 1 aliphatic heterocycles. The maximum Gasteiger partial charge on any atom is 0.0113 e. The van der Waals surface area contributed by atoms with Gasteiger partial charge in [0.2, 0.25) is 0 Å². The Morgan fingerprint density at radius 1 is 0.929 bits per heavy atom. The highest BCUT2D eigenvalue weighted by molar-refractivity contribution is 4.83. The molecule has 0 aromatic heterocycles. The Labute approximate surface area is 87.2 Å². The predicted molar refractivity (Wildman–Crippen MR) is 59.3 cm³/mol. The third-order valence-electron chi connectivity index (χ3n) is 3.80. The quantitative estimate of drug-likeness (QED) is 0.664. The van der Waals surface area contributed by atoms with Crippen LogP contribution in [0.15, 0.2) is 0 Å². The second kappa shape index (κ2) is 4.60. The van der Waals surface area contributed by atoms with Crippen LogP contribution in [0.5, 0.6) is 0 Å². The van der Waals surface area contributed by atoms with Gasteiger partial charge in [-0.2, -0.15) is 0 Å². The Kier molecular flexibility index (Phi) is 3.42. The molecule has 1 heterocycles. The van der Waals surface area contributed by atoms with E-state index in [0.29, 0.717) is 6.04 Å². The SMILES string of the molecule is CN1CCN(C2CCC(N)CC2)CC1. The van der Waals surface area contributed by atoms with Crippen LogP contribution < -0.4 is 5.73 Å². The van der Waals surface area contributed by atoms with Gasteiger partial charge in [0, 0.05) is 38.3 Å². The smallest absolute Gasteiger partial charge is 0.0113 e. The van der Waals surface area contributed by atoms with Crippen molar-refractivity contribution in [3.05, 3.63) is 0 Å². The monoisotopic (exact) mass is 197 g/mol. The summed E-state index contributed by atoms with van der Waals surface area (Å²) in [6.45, 7) is 5.00. The summed E-state index contributed by atoms with van der Waals surface area (Å²) in [5.41, 5.74) is 5.92. The van der Waals surface area contributed by atoms with Crippen LogP contribution in [0.1, 0.15) is 25.7 Å². The van der Waals surface area contributed by atoms with Gasteiger partial charge in [-0.25, -0.2) is 0 Å². The van der Waals surface area contributed by atoms with E-state index < -0.39 is 0 Å². The van der Waals surface area contributed by atoms with E-state index in [1.807, 2.05) is 0 Å². The van der Waals surface area contributed by atoms with Crippen molar-refractivity contribution in [1.29, 1.82) is 0 Å². The molecule has 2 rings (SSSR count). The van der Waals surface area contributed by atoms with Crippen molar-refractivity contribution in [2.24, 2.45) is 5.73 Å². The number of rotatable bonds is 1. The lowest BCUT2D eigenvalue weighted by Crippen LogP contribution is -2.50. The molecule has 3 heteroatoms. The number of likely N-dealkylation sites (N-methyl/N-ethyl adjacent to an activating group) is 1. The maximum atomic E-state index is 5.92. The Hall–Kier alpha value is -0.120. The third kappa shape index (κ3) is 2.47. The van der Waals surface area contributed by atoms with Crippen LogP contribution in [-0.4, -0.2) is 55.1 Å². The average Bonchev–Trinajstić information content (AvgIpc) is 2.21. The van der Waals surface area contributed by atoms with E-state index in [4.69, 9.17) is 5.73 Å². The molecule has 2 N–H and O–H groups in total. The van der Waals surface area contributed by atoms with Gasteiger partial charge in [-0.15, -0.1) is 0 Å². The van der Waals surface area contributed by atoms with E-state index in [9.17, 15) is 0 Å². The normalized spacial score (nSPS) is 37.3. The number of hydrogen-bond donors (Lipinski definition) is 1. The molecule has 2 fully saturated rings. The summed E-state index contributed by atoms with van der Waals surface area (Å²) in [5.74, 6) is 0. The fourth-order valence-electron chi connectivity index (χ4n) is 2.65. The molecule has 1 saturated carbocycles. The van der Waals surface area contributed by atoms with Crippen molar-refractivity contribution < 1.29 is 0 Å². The maximum absolute atomic E-state index is 5.92. The topological polar surface area (TPSA) is 32.5 Å². The molecule has 82 valence electrons. The summed E-state index contributed by atoms with van der Waals surface area (Å²) in [4.78, 5) is 5.09. The fraction of sp³-hybridized carbons (Fsp3) is 1.00. The zero-order valence-corrected chi connectivity index (χ0v) is 9.28. The number of hydrogen-bond acceptors (Lipinski definition) is 3. The first-order chi connectivity index (χ1) is 6.75. The highest BCUT2D eigenvalue weighted by Crippen LogP contribution is 2.22. The van der Waals surface area contributed by atoms with Crippen molar-refractivity contribution >= 4 is 0 Å². The van der Waals surface area contributed by atoms with Gasteiger partial charge in [-0.05, 0) is 32.7 Å². The van der Waals surface area contributed by atoms with E-state index in [0.717, 1.165) is 6.04 Å². The highest BCUT2D eigenvalue weighted by atomic mass is 15.3. The van der Waals surface area contributed by atoms with Crippen LogP contribution in [0.2, 0.25) is 0 Å². The Bertz CT molecular complexity index is 147. The van der Waals surface area contributed by atoms with Crippen LogP contribution in [0, 0.1) is 0 Å². The van der Waals surface area contributed by atoms with Crippen molar-refractivity contribution in [1.82, 2.24) is 9.80 Å². The van der Waals surface area contributed by atoms with Gasteiger partial charge in [0.25, 0.3) is 0 Å². The van der Waals surface area contributed by atoms with Crippen LogP contribution >= 0.6 is 0 Å². The van der Waals surface area contributed by atoms with Gasteiger partial charge in [0.15, 0.2) is 0 Å². The molecule has 0 bridgehead atoms. The van der Waals surface area contributed by atoms with Crippen LogP contribution in [0.3, 0.4) is 0 Å². The molecular formula is C11H23N3. The molecule has 0 unspecified atom stereocenters. The fourth-order valence-corrected chi connectivity index (χ4v) is 2.65. The van der Waals surface area contributed by atoms with Crippen LogP contribution in [0.4, 0.5) is 0 Å². The summed E-state index contributed by atoms with van der Waals surface area (Å²) >= 11 is 0. The minimum atomic E-state index is 0.485. The average molecular weight is 197 g/mol. The van der Waals surface area contributed by atoms with Gasteiger partial charge in [-0.3, -0.25) is 4.90 Å². The zero-order chi connectivity index (χ0) is 9.97. The van der Waals surface area contributed by atoms with Crippen LogP contribution in [0.25, 0.3) is 0 Å². The van der Waals surface area contributed by atoms with Gasteiger partial charge >= 0.3 is 0 Å². The summed E-state index contributed by atoms with van der Waals surface area (Å²) in [6, 6.07) is 1.32. The minimum Gasteiger partial charge on any atom is -0.328 e. The second-order valence-corrected chi connectivity index (χ2v) is 4.91. The number of nitrogens with two attached hydrogens (primary N) is 1. The summed E-state index contributed by atoms with van der Waals surface area (Å²) in [5, 5.41) is 0. The lowest BCUT2D eigenvalue weighted by atomic mass is 9.90. The molecular weight excluding hydrogens is 174 g/mol. The summed E-state index contributed by atoms with van der Waals surface area (Å²) in [7, 11) is 2.22. The molecule has 0 radical (unpaired) electrons.